The molecule has 102 valence electrons. The molecule has 0 atom stereocenters. The summed E-state index contributed by atoms with van der Waals surface area (Å²) in [6.07, 6.45) is 5.81. The van der Waals surface area contributed by atoms with Crippen molar-refractivity contribution in [1.82, 2.24) is 24.1 Å². The summed E-state index contributed by atoms with van der Waals surface area (Å²) in [5.41, 5.74) is 3.82. The Morgan fingerprint density at radius 3 is 2.65 bits per heavy atom. The monoisotopic (exact) mass is 331 g/mol. The summed E-state index contributed by atoms with van der Waals surface area (Å²) in [5, 5.41) is 4.57. The third kappa shape index (κ3) is 2.27. The fraction of sp³-hybridized carbons (Fsp3) is 0.214. The molecule has 0 aliphatic carbocycles. The minimum atomic E-state index is 0.823. The van der Waals surface area contributed by atoms with Crippen LogP contribution < -0.4 is 0 Å². The van der Waals surface area contributed by atoms with Crippen molar-refractivity contribution in [3.05, 3.63) is 45.8 Å². The van der Waals surface area contributed by atoms with Crippen molar-refractivity contribution >= 4 is 33.7 Å². The number of halogens is 1. The maximum absolute atomic E-state index is 4.57. The van der Waals surface area contributed by atoms with E-state index in [1.54, 1.807) is 0 Å². The van der Waals surface area contributed by atoms with Gasteiger partial charge in [0.2, 0.25) is 0 Å². The van der Waals surface area contributed by atoms with Crippen LogP contribution in [-0.2, 0) is 7.05 Å². The van der Waals surface area contributed by atoms with E-state index < -0.39 is 0 Å². The molecule has 0 fully saturated rings. The zero-order chi connectivity index (χ0) is 14.3. The van der Waals surface area contributed by atoms with Crippen molar-refractivity contribution in [3.8, 4) is 0 Å². The minimum absolute atomic E-state index is 0.823. The average molecular weight is 332 g/mol. The highest BCUT2D eigenvalue weighted by Gasteiger charge is 2.05. The predicted octanol–water partition coefficient (Wildman–Crippen LogP) is 3.01. The first kappa shape index (κ1) is 13.1. The second-order valence-corrected chi connectivity index (χ2v) is 5.49. The van der Waals surface area contributed by atoms with Gasteiger partial charge in [0.05, 0.1) is 17.1 Å². The molecular weight excluding hydrogens is 318 g/mol. The summed E-state index contributed by atoms with van der Waals surface area (Å²) in [6, 6.07) is 3.93. The van der Waals surface area contributed by atoms with Crippen LogP contribution in [0.2, 0.25) is 0 Å². The molecule has 0 radical (unpaired) electrons. The SMILES string of the molecule is Cc1nc2ccc(C=Cc3nc(Br)cn3C)nn2c1C. The van der Waals surface area contributed by atoms with Crippen LogP contribution in [0.1, 0.15) is 22.9 Å². The van der Waals surface area contributed by atoms with E-state index >= 15 is 0 Å². The maximum atomic E-state index is 4.57. The Balaban J connectivity index is 1.98. The van der Waals surface area contributed by atoms with Crippen molar-refractivity contribution in [3.63, 3.8) is 0 Å². The molecule has 0 unspecified atom stereocenters. The van der Waals surface area contributed by atoms with E-state index in [1.807, 2.05) is 60.5 Å². The summed E-state index contributed by atoms with van der Waals surface area (Å²) in [5.74, 6) is 0.873. The summed E-state index contributed by atoms with van der Waals surface area (Å²) < 4.78 is 4.64. The third-order valence-corrected chi connectivity index (χ3v) is 3.63. The number of rotatable bonds is 2. The average Bonchev–Trinajstić information content (AvgIpc) is 2.88. The fourth-order valence-electron chi connectivity index (χ4n) is 2.01. The Labute approximate surface area is 125 Å². The number of nitrogens with zero attached hydrogens (tertiary/aromatic N) is 5. The molecule has 20 heavy (non-hydrogen) atoms. The van der Waals surface area contributed by atoms with Gasteiger partial charge in [-0.15, -0.1) is 0 Å². The lowest BCUT2D eigenvalue weighted by molar-refractivity contribution is 0.886. The smallest absolute Gasteiger partial charge is 0.154 e. The molecule has 3 heterocycles. The first-order chi connectivity index (χ1) is 9.54. The molecule has 3 aromatic heterocycles. The van der Waals surface area contributed by atoms with E-state index in [-0.39, 0.29) is 0 Å². The van der Waals surface area contributed by atoms with Crippen LogP contribution in [0, 0.1) is 13.8 Å². The molecule has 0 aromatic carbocycles. The largest absolute Gasteiger partial charge is 0.333 e. The Bertz CT molecular complexity index is 812. The van der Waals surface area contributed by atoms with Gasteiger partial charge in [0.1, 0.15) is 10.4 Å². The van der Waals surface area contributed by atoms with Crippen molar-refractivity contribution in [2.24, 2.45) is 7.05 Å². The Hall–Kier alpha value is -1.95. The van der Waals surface area contributed by atoms with E-state index in [1.165, 1.54) is 0 Å². The van der Waals surface area contributed by atoms with Gasteiger partial charge >= 0.3 is 0 Å². The molecule has 0 aliphatic heterocycles. The number of hydrogen-bond acceptors (Lipinski definition) is 3. The van der Waals surface area contributed by atoms with Gasteiger partial charge in [-0.2, -0.15) is 5.10 Å². The van der Waals surface area contributed by atoms with Crippen molar-refractivity contribution < 1.29 is 0 Å². The van der Waals surface area contributed by atoms with Crippen LogP contribution >= 0.6 is 15.9 Å². The summed E-state index contributed by atoms with van der Waals surface area (Å²) in [7, 11) is 1.96. The molecular formula is C14H14BrN5. The quantitative estimate of drug-likeness (QED) is 0.725. The molecule has 0 saturated carbocycles. The minimum Gasteiger partial charge on any atom is -0.333 e. The zero-order valence-corrected chi connectivity index (χ0v) is 13.1. The van der Waals surface area contributed by atoms with Crippen LogP contribution in [0.15, 0.2) is 22.9 Å². The van der Waals surface area contributed by atoms with Crippen LogP contribution in [0.4, 0.5) is 0 Å². The van der Waals surface area contributed by atoms with Gasteiger partial charge < -0.3 is 4.57 Å². The Morgan fingerprint density at radius 1 is 1.15 bits per heavy atom. The first-order valence-corrected chi connectivity index (χ1v) is 7.04. The van der Waals surface area contributed by atoms with E-state index in [9.17, 15) is 0 Å². The molecule has 0 bridgehead atoms. The summed E-state index contributed by atoms with van der Waals surface area (Å²) in [6.45, 7) is 4.01. The molecule has 3 aromatic rings. The molecule has 0 spiro atoms. The standard InChI is InChI=1S/C14H14BrN5/c1-9-10(2)20-14(16-9)7-5-11(18-20)4-6-13-17-12(15)8-19(13)3/h4-8H,1-3H3. The summed E-state index contributed by atoms with van der Waals surface area (Å²) in [4.78, 5) is 8.80. The van der Waals surface area contributed by atoms with Crippen molar-refractivity contribution in [2.45, 2.75) is 13.8 Å². The normalized spacial score (nSPS) is 11.8. The molecule has 3 rings (SSSR count). The number of hydrogen-bond donors (Lipinski definition) is 0. The van der Waals surface area contributed by atoms with Gasteiger partial charge in [-0.25, -0.2) is 14.5 Å². The molecule has 6 heteroatoms. The van der Waals surface area contributed by atoms with Gasteiger partial charge in [0.15, 0.2) is 5.65 Å². The second kappa shape index (κ2) is 4.86. The van der Waals surface area contributed by atoms with Crippen molar-refractivity contribution in [2.75, 3.05) is 0 Å². The maximum Gasteiger partial charge on any atom is 0.154 e. The van der Waals surface area contributed by atoms with Gasteiger partial charge in [-0.05, 0) is 54.1 Å². The van der Waals surface area contributed by atoms with Crippen LogP contribution in [0.3, 0.4) is 0 Å². The number of fused-ring (bicyclic) bond motifs is 1. The van der Waals surface area contributed by atoms with E-state index in [4.69, 9.17) is 0 Å². The highest BCUT2D eigenvalue weighted by molar-refractivity contribution is 9.10. The first-order valence-electron chi connectivity index (χ1n) is 6.24. The van der Waals surface area contributed by atoms with Gasteiger partial charge in [-0.3, -0.25) is 0 Å². The van der Waals surface area contributed by atoms with E-state index in [0.717, 1.165) is 33.2 Å². The van der Waals surface area contributed by atoms with Crippen LogP contribution in [0.25, 0.3) is 17.8 Å². The second-order valence-electron chi connectivity index (χ2n) is 4.68. The lowest BCUT2D eigenvalue weighted by Gasteiger charge is -1.98. The predicted molar refractivity (Wildman–Crippen MR) is 82.3 cm³/mol. The number of aromatic nitrogens is 5. The Kier molecular flexibility index (Phi) is 3.17. The van der Waals surface area contributed by atoms with Gasteiger partial charge in [0.25, 0.3) is 0 Å². The fourth-order valence-corrected chi connectivity index (χ4v) is 2.50. The van der Waals surface area contributed by atoms with Crippen LogP contribution in [-0.4, -0.2) is 24.1 Å². The lowest BCUT2D eigenvalue weighted by atomic mass is 10.3. The van der Waals surface area contributed by atoms with E-state index in [0.29, 0.717) is 0 Å². The van der Waals surface area contributed by atoms with Gasteiger partial charge in [-0.1, -0.05) is 0 Å². The molecule has 0 aliphatic rings. The van der Waals surface area contributed by atoms with Crippen LogP contribution in [0.5, 0.6) is 0 Å². The zero-order valence-electron chi connectivity index (χ0n) is 11.5. The molecule has 5 nitrogen and oxygen atoms in total. The molecule has 0 saturated heterocycles. The lowest BCUT2D eigenvalue weighted by Crippen LogP contribution is -1.96. The molecule has 0 amide bonds. The Morgan fingerprint density at radius 2 is 1.95 bits per heavy atom. The third-order valence-electron chi connectivity index (χ3n) is 3.25. The molecule has 0 N–H and O–H groups in total. The van der Waals surface area contributed by atoms with Gasteiger partial charge in [0, 0.05) is 13.2 Å². The van der Waals surface area contributed by atoms with Crippen molar-refractivity contribution in [1.29, 1.82) is 0 Å². The van der Waals surface area contributed by atoms with E-state index in [2.05, 4.69) is 31.0 Å². The summed E-state index contributed by atoms with van der Waals surface area (Å²) >= 11 is 3.36. The number of aryl methyl sites for hydroxylation is 3. The topological polar surface area (TPSA) is 48.0 Å². The highest BCUT2D eigenvalue weighted by Crippen LogP contribution is 2.13. The highest BCUT2D eigenvalue weighted by atomic mass is 79.9. The number of imidazole rings is 2.